The van der Waals surface area contributed by atoms with Gasteiger partial charge in [-0.15, -0.1) is 11.3 Å². The predicted molar refractivity (Wildman–Crippen MR) is 126 cm³/mol. The van der Waals surface area contributed by atoms with Gasteiger partial charge >= 0.3 is 0 Å². The molecule has 0 bridgehead atoms. The van der Waals surface area contributed by atoms with Gasteiger partial charge in [0.1, 0.15) is 5.82 Å². The summed E-state index contributed by atoms with van der Waals surface area (Å²) in [6.07, 6.45) is 0.681. The van der Waals surface area contributed by atoms with Gasteiger partial charge in [-0.2, -0.15) is 0 Å². The fourth-order valence-corrected chi connectivity index (χ4v) is 4.91. The molecule has 0 atom stereocenters. The number of ether oxygens (including phenoxy) is 1. The number of amides is 1. The minimum absolute atomic E-state index is 0.119. The zero-order valence-electron chi connectivity index (χ0n) is 17.0. The van der Waals surface area contributed by atoms with Gasteiger partial charge in [-0.3, -0.25) is 4.79 Å². The molecule has 6 heteroatoms. The van der Waals surface area contributed by atoms with Crippen molar-refractivity contribution in [3.63, 3.8) is 0 Å². The molecule has 0 spiro atoms. The average Bonchev–Trinajstić information content (AvgIpc) is 3.19. The van der Waals surface area contributed by atoms with E-state index in [9.17, 15) is 9.18 Å². The summed E-state index contributed by atoms with van der Waals surface area (Å²) < 4.78 is 19.6. The third-order valence-electron chi connectivity index (χ3n) is 4.99. The Bertz CT molecular complexity index is 1240. The summed E-state index contributed by atoms with van der Waals surface area (Å²) in [6.45, 7) is 0.943. The smallest absolute Gasteiger partial charge is 0.251 e. The van der Waals surface area contributed by atoms with Crippen LogP contribution in [0.3, 0.4) is 0 Å². The van der Waals surface area contributed by atoms with Crippen molar-refractivity contribution in [1.29, 1.82) is 0 Å². The number of halogens is 2. The lowest BCUT2D eigenvalue weighted by atomic mass is 10.0. The summed E-state index contributed by atoms with van der Waals surface area (Å²) in [5.41, 5.74) is 3.65. The maximum atomic E-state index is 13.5. The van der Waals surface area contributed by atoms with Crippen LogP contribution in [0.1, 0.15) is 20.8 Å². The van der Waals surface area contributed by atoms with Crippen LogP contribution < -0.4 is 5.32 Å². The molecule has 0 aliphatic carbocycles. The normalized spacial score (nSPS) is 11.1. The van der Waals surface area contributed by atoms with Crippen LogP contribution in [0.4, 0.5) is 4.39 Å². The first-order valence-corrected chi connectivity index (χ1v) is 11.1. The van der Waals surface area contributed by atoms with Crippen molar-refractivity contribution < 1.29 is 13.9 Å². The van der Waals surface area contributed by atoms with Crippen molar-refractivity contribution >= 4 is 38.9 Å². The van der Waals surface area contributed by atoms with E-state index in [1.807, 2.05) is 30.3 Å². The van der Waals surface area contributed by atoms with E-state index in [0.717, 1.165) is 26.8 Å². The molecule has 1 aromatic heterocycles. The molecule has 3 aromatic carbocycles. The highest BCUT2D eigenvalue weighted by Crippen LogP contribution is 2.36. The summed E-state index contributed by atoms with van der Waals surface area (Å²) in [6, 6.07) is 20.8. The molecule has 0 saturated carbocycles. The first kappa shape index (κ1) is 21.5. The Hall–Kier alpha value is -2.73. The van der Waals surface area contributed by atoms with Crippen LogP contribution in [0.5, 0.6) is 0 Å². The number of methoxy groups -OCH3 is 1. The molecule has 158 valence electrons. The largest absolute Gasteiger partial charge is 0.383 e. The second-order valence-corrected chi connectivity index (χ2v) is 8.74. The number of nitrogens with one attached hydrogen (secondary N) is 1. The molecule has 0 aliphatic heterocycles. The van der Waals surface area contributed by atoms with Crippen molar-refractivity contribution in [3.05, 3.63) is 93.6 Å². The molecule has 4 rings (SSSR count). The van der Waals surface area contributed by atoms with Crippen molar-refractivity contribution in [2.45, 2.75) is 6.42 Å². The Balaban J connectivity index is 1.63. The van der Waals surface area contributed by atoms with Gasteiger partial charge in [0.05, 0.1) is 11.6 Å². The number of hydrogen-bond acceptors (Lipinski definition) is 3. The van der Waals surface area contributed by atoms with E-state index < -0.39 is 5.82 Å². The molecule has 1 N–H and O–H groups in total. The van der Waals surface area contributed by atoms with Crippen LogP contribution in [0, 0.1) is 5.82 Å². The number of benzene rings is 3. The predicted octanol–water partition coefficient (Wildman–Crippen LogP) is 6.33. The molecular weight excluding hydrogens is 433 g/mol. The average molecular weight is 454 g/mol. The van der Waals surface area contributed by atoms with Gasteiger partial charge < -0.3 is 10.1 Å². The zero-order chi connectivity index (χ0) is 21.8. The van der Waals surface area contributed by atoms with Gasteiger partial charge in [-0.25, -0.2) is 4.39 Å². The Morgan fingerprint density at radius 1 is 1.10 bits per heavy atom. The van der Waals surface area contributed by atoms with Gasteiger partial charge in [0.25, 0.3) is 5.91 Å². The van der Waals surface area contributed by atoms with Crippen molar-refractivity contribution in [1.82, 2.24) is 5.32 Å². The van der Waals surface area contributed by atoms with Crippen LogP contribution in [0.2, 0.25) is 5.02 Å². The molecule has 0 aliphatic rings. The highest BCUT2D eigenvalue weighted by Gasteiger charge is 2.12. The molecule has 1 heterocycles. The molecule has 0 saturated heterocycles. The summed E-state index contributed by atoms with van der Waals surface area (Å²) in [5.74, 6) is -0.527. The van der Waals surface area contributed by atoms with Gasteiger partial charge in [-0.05, 0) is 52.4 Å². The first-order valence-electron chi connectivity index (χ1n) is 9.88. The Labute approximate surface area is 189 Å². The SMILES string of the molecule is COCCNC(=O)c1cccc(-c2cccc3cc(Cc4ccc(F)c(Cl)c4)sc23)c1. The molecule has 0 fully saturated rings. The number of fused-ring (bicyclic) bond motifs is 1. The molecular formula is C25H21ClFNO2S. The number of carbonyl (C=O) groups excluding carboxylic acids is 1. The van der Waals surface area contributed by atoms with Crippen molar-refractivity contribution in [3.8, 4) is 11.1 Å². The Morgan fingerprint density at radius 3 is 2.74 bits per heavy atom. The minimum Gasteiger partial charge on any atom is -0.383 e. The highest BCUT2D eigenvalue weighted by molar-refractivity contribution is 7.19. The van der Waals surface area contributed by atoms with Gasteiger partial charge in [-0.1, -0.05) is 48.0 Å². The van der Waals surface area contributed by atoms with Gasteiger partial charge in [0, 0.05) is 35.2 Å². The highest BCUT2D eigenvalue weighted by atomic mass is 35.5. The molecule has 1 amide bonds. The fourth-order valence-electron chi connectivity index (χ4n) is 3.48. The van der Waals surface area contributed by atoms with Crippen molar-refractivity contribution in [2.75, 3.05) is 20.3 Å². The Kier molecular flexibility index (Phi) is 6.66. The lowest BCUT2D eigenvalue weighted by molar-refractivity contribution is 0.0937. The van der Waals surface area contributed by atoms with E-state index in [2.05, 4.69) is 23.5 Å². The van der Waals surface area contributed by atoms with Crippen LogP contribution in [-0.2, 0) is 11.2 Å². The summed E-state index contributed by atoms with van der Waals surface area (Å²) in [5, 5.41) is 4.14. The minimum atomic E-state index is -0.407. The van der Waals surface area contributed by atoms with Crippen LogP contribution in [0.15, 0.2) is 66.7 Å². The standard InChI is InChI=1S/C25H21ClFNO2S/c1-30-11-10-28-25(29)19-6-2-4-17(14-19)21-7-3-5-18-15-20(31-24(18)21)12-16-8-9-23(27)22(26)13-16/h2-9,13-15H,10-12H2,1H3,(H,28,29). The number of thiophene rings is 1. The van der Waals surface area contributed by atoms with Gasteiger partial charge in [0.15, 0.2) is 0 Å². The third kappa shape index (κ3) is 4.96. The van der Waals surface area contributed by atoms with Crippen LogP contribution >= 0.6 is 22.9 Å². The van der Waals surface area contributed by atoms with E-state index in [-0.39, 0.29) is 10.9 Å². The maximum absolute atomic E-state index is 13.5. The summed E-state index contributed by atoms with van der Waals surface area (Å²) in [4.78, 5) is 13.6. The fraction of sp³-hybridized carbons (Fsp3) is 0.160. The monoisotopic (exact) mass is 453 g/mol. The summed E-state index contributed by atoms with van der Waals surface area (Å²) in [7, 11) is 1.60. The Morgan fingerprint density at radius 2 is 1.94 bits per heavy atom. The second kappa shape index (κ2) is 9.60. The lowest BCUT2D eigenvalue weighted by Gasteiger charge is -2.08. The topological polar surface area (TPSA) is 38.3 Å². The summed E-state index contributed by atoms with van der Waals surface area (Å²) >= 11 is 7.63. The first-order chi connectivity index (χ1) is 15.0. The molecule has 31 heavy (non-hydrogen) atoms. The van der Waals surface area contributed by atoms with Gasteiger partial charge in [0.2, 0.25) is 0 Å². The van der Waals surface area contributed by atoms with E-state index in [1.165, 1.54) is 10.9 Å². The van der Waals surface area contributed by atoms with E-state index in [1.54, 1.807) is 30.6 Å². The number of hydrogen-bond donors (Lipinski definition) is 1. The quantitative estimate of drug-likeness (QED) is 0.332. The number of rotatable bonds is 7. The van der Waals surface area contributed by atoms with Crippen molar-refractivity contribution in [2.24, 2.45) is 0 Å². The molecule has 3 nitrogen and oxygen atoms in total. The number of carbonyl (C=O) groups is 1. The van der Waals surface area contributed by atoms with E-state index in [0.29, 0.717) is 25.1 Å². The zero-order valence-corrected chi connectivity index (χ0v) is 18.5. The maximum Gasteiger partial charge on any atom is 0.251 e. The van der Waals surface area contributed by atoms with E-state index >= 15 is 0 Å². The van der Waals surface area contributed by atoms with Crippen LogP contribution in [0.25, 0.3) is 21.2 Å². The second-order valence-electron chi connectivity index (χ2n) is 7.19. The van der Waals surface area contributed by atoms with E-state index in [4.69, 9.17) is 16.3 Å². The van der Waals surface area contributed by atoms with Crippen LogP contribution in [-0.4, -0.2) is 26.2 Å². The third-order valence-corrected chi connectivity index (χ3v) is 6.46. The lowest BCUT2D eigenvalue weighted by Crippen LogP contribution is -2.26. The molecule has 4 aromatic rings. The molecule has 0 unspecified atom stereocenters. The molecule has 0 radical (unpaired) electrons.